The topological polar surface area (TPSA) is 8.81 Å². The second-order valence-corrected chi connectivity index (χ2v) is 8.36. The summed E-state index contributed by atoms with van der Waals surface area (Å²) in [4.78, 5) is 0. The minimum Gasteiger partial charge on any atom is -0.215 e. The van der Waals surface area contributed by atoms with Crippen LogP contribution in [0.5, 0.6) is 0 Å². The maximum atomic E-state index is 2.58. The number of aromatic nitrogens is 2. The zero-order valence-corrected chi connectivity index (χ0v) is 16.6. The molecule has 142 valence electrons. The van der Waals surface area contributed by atoms with Gasteiger partial charge in [0.2, 0.25) is 0 Å². The lowest BCUT2D eigenvalue weighted by Crippen LogP contribution is -2.45. The van der Waals surface area contributed by atoms with Gasteiger partial charge in [0.05, 0.1) is 5.56 Å². The number of rotatable bonds is 1. The first kappa shape index (κ1) is 16.2. The Labute approximate surface area is 175 Å². The summed E-state index contributed by atoms with van der Waals surface area (Å²) in [6.45, 7) is 0. The van der Waals surface area contributed by atoms with E-state index < -0.39 is 0 Å². The molecule has 5 aromatic rings. The lowest BCUT2D eigenvalue weighted by Gasteiger charge is -2.26. The second kappa shape index (κ2) is 5.93. The monoisotopic (exact) mass is 385 g/mol. The summed E-state index contributed by atoms with van der Waals surface area (Å²) in [5.74, 6) is 1.81. The molecule has 1 aliphatic heterocycles. The van der Waals surface area contributed by atoms with Crippen LogP contribution < -0.4 is 4.57 Å². The Morgan fingerprint density at radius 2 is 1.57 bits per heavy atom. The largest absolute Gasteiger partial charge is 0.295 e. The summed E-state index contributed by atoms with van der Waals surface area (Å²) < 4.78 is 5.06. The van der Waals surface area contributed by atoms with Crippen molar-refractivity contribution in [1.29, 1.82) is 0 Å². The van der Waals surface area contributed by atoms with E-state index >= 15 is 0 Å². The number of fused-ring (bicyclic) bond motifs is 9. The maximum absolute atomic E-state index is 2.58. The van der Waals surface area contributed by atoms with Crippen LogP contribution in [0.15, 0.2) is 103 Å². The molecule has 0 bridgehead atoms. The van der Waals surface area contributed by atoms with Gasteiger partial charge in [-0.2, -0.15) is 4.57 Å². The van der Waals surface area contributed by atoms with Crippen LogP contribution in [-0.4, -0.2) is 4.57 Å². The Kier molecular flexibility index (Phi) is 3.20. The Balaban J connectivity index is 1.69. The molecular weight excluding hydrogens is 364 g/mol. The quantitative estimate of drug-likeness (QED) is 0.235. The van der Waals surface area contributed by atoms with Crippen molar-refractivity contribution in [2.24, 2.45) is 0 Å². The molecule has 1 aliphatic carbocycles. The summed E-state index contributed by atoms with van der Waals surface area (Å²) in [7, 11) is 0. The normalized spacial score (nSPS) is 19.1. The summed E-state index contributed by atoms with van der Waals surface area (Å²) in [6.07, 6.45) is 5.88. The van der Waals surface area contributed by atoms with Crippen molar-refractivity contribution in [2.45, 2.75) is 18.4 Å². The first-order chi connectivity index (χ1) is 14.9. The summed E-state index contributed by atoms with van der Waals surface area (Å²) in [6, 6.07) is 33.6. The minimum atomic E-state index is 0.371. The molecule has 0 spiro atoms. The number of hydrogen-bond donors (Lipinski definition) is 0. The molecule has 7 rings (SSSR count). The van der Waals surface area contributed by atoms with Gasteiger partial charge in [-0.05, 0) is 47.7 Å². The molecule has 2 atom stereocenters. The Morgan fingerprint density at radius 3 is 2.57 bits per heavy atom. The number of para-hydroxylation sites is 2. The first-order valence-corrected chi connectivity index (χ1v) is 10.7. The van der Waals surface area contributed by atoms with Gasteiger partial charge < -0.3 is 0 Å². The number of benzene rings is 4. The second-order valence-electron chi connectivity index (χ2n) is 8.36. The highest BCUT2D eigenvalue weighted by Crippen LogP contribution is 2.46. The van der Waals surface area contributed by atoms with Gasteiger partial charge in [-0.25, -0.2) is 4.57 Å². The molecule has 0 radical (unpaired) electrons. The highest BCUT2D eigenvalue weighted by molar-refractivity contribution is 5.93. The molecule has 2 nitrogen and oxygen atoms in total. The zero-order chi connectivity index (χ0) is 19.7. The van der Waals surface area contributed by atoms with Crippen molar-refractivity contribution in [2.75, 3.05) is 0 Å². The number of allylic oxidation sites excluding steroid dienone is 2. The standard InChI is InChI=1S/C28H21N2/c1-2-11-20-19(9-1)10-7-17-24(20)29-26-15-5-6-16-27(26)30-25-18-8-14-22(25)21-12-3-4-13-23(21)28(29)30/h1-13,15-18,22,25H,14H2/q+1. The summed E-state index contributed by atoms with van der Waals surface area (Å²) in [5.41, 5.74) is 6.63. The molecule has 0 saturated heterocycles. The third-order valence-electron chi connectivity index (χ3n) is 6.86. The van der Waals surface area contributed by atoms with Crippen LogP contribution in [0.25, 0.3) is 38.9 Å². The van der Waals surface area contributed by atoms with Crippen LogP contribution in [0.2, 0.25) is 0 Å². The van der Waals surface area contributed by atoms with E-state index in [0.717, 1.165) is 6.42 Å². The summed E-state index contributed by atoms with van der Waals surface area (Å²) >= 11 is 0. The van der Waals surface area contributed by atoms with E-state index in [9.17, 15) is 0 Å². The number of imidazole rings is 1. The van der Waals surface area contributed by atoms with Crippen molar-refractivity contribution in [1.82, 2.24) is 4.57 Å². The van der Waals surface area contributed by atoms with Gasteiger partial charge in [0.15, 0.2) is 11.0 Å². The fourth-order valence-electron chi connectivity index (χ4n) is 5.63. The highest BCUT2D eigenvalue weighted by Gasteiger charge is 2.43. The van der Waals surface area contributed by atoms with Crippen LogP contribution in [0.3, 0.4) is 0 Å². The van der Waals surface area contributed by atoms with Crippen LogP contribution in [0, 0.1) is 0 Å². The SMILES string of the molecule is C1=CC2C(C1)c1ccccc1-c1n(-c3cccc4ccccc34)c3ccccc3[n+]12. The molecule has 30 heavy (non-hydrogen) atoms. The maximum Gasteiger partial charge on any atom is 0.295 e. The Bertz CT molecular complexity index is 1480. The van der Waals surface area contributed by atoms with Gasteiger partial charge >= 0.3 is 0 Å². The average molecular weight is 385 g/mol. The van der Waals surface area contributed by atoms with E-state index in [1.165, 1.54) is 44.4 Å². The van der Waals surface area contributed by atoms with Gasteiger partial charge in [-0.15, -0.1) is 0 Å². The molecule has 0 saturated carbocycles. The number of nitrogens with zero attached hydrogens (tertiary/aromatic N) is 2. The molecule has 2 heterocycles. The third-order valence-corrected chi connectivity index (χ3v) is 6.86. The predicted molar refractivity (Wildman–Crippen MR) is 122 cm³/mol. The first-order valence-electron chi connectivity index (χ1n) is 10.7. The van der Waals surface area contributed by atoms with Crippen molar-refractivity contribution in [3.63, 3.8) is 0 Å². The molecule has 2 unspecified atom stereocenters. The van der Waals surface area contributed by atoms with E-state index in [4.69, 9.17) is 0 Å². The third kappa shape index (κ3) is 2.01. The van der Waals surface area contributed by atoms with Gasteiger partial charge in [-0.3, -0.25) is 0 Å². The average Bonchev–Trinajstić information content (AvgIpc) is 3.42. The van der Waals surface area contributed by atoms with E-state index in [1.54, 1.807) is 0 Å². The van der Waals surface area contributed by atoms with Gasteiger partial charge in [0.1, 0.15) is 11.7 Å². The van der Waals surface area contributed by atoms with Gasteiger partial charge in [0, 0.05) is 11.3 Å². The summed E-state index contributed by atoms with van der Waals surface area (Å²) in [5, 5.41) is 2.56. The minimum absolute atomic E-state index is 0.371. The van der Waals surface area contributed by atoms with Gasteiger partial charge in [-0.1, -0.05) is 72.8 Å². The smallest absolute Gasteiger partial charge is 0.215 e. The van der Waals surface area contributed by atoms with Crippen molar-refractivity contribution in [3.8, 4) is 17.1 Å². The molecule has 0 N–H and O–H groups in total. The van der Waals surface area contributed by atoms with E-state index in [-0.39, 0.29) is 0 Å². The molecule has 4 aromatic carbocycles. The number of hydrogen-bond acceptors (Lipinski definition) is 0. The van der Waals surface area contributed by atoms with Crippen molar-refractivity contribution >= 4 is 21.8 Å². The molecule has 0 fully saturated rings. The fraction of sp³-hybridized carbons (Fsp3) is 0.107. The van der Waals surface area contributed by atoms with E-state index in [1.807, 2.05) is 0 Å². The fourth-order valence-corrected chi connectivity index (χ4v) is 5.63. The van der Waals surface area contributed by atoms with Crippen LogP contribution in [0.4, 0.5) is 0 Å². The van der Waals surface area contributed by atoms with Crippen LogP contribution >= 0.6 is 0 Å². The molecule has 2 aliphatic rings. The molecule has 1 aromatic heterocycles. The Hall–Kier alpha value is -3.65. The lowest BCUT2D eigenvalue weighted by molar-refractivity contribution is -0.681. The van der Waals surface area contributed by atoms with Gasteiger partial charge in [0.25, 0.3) is 5.82 Å². The predicted octanol–water partition coefficient (Wildman–Crippen LogP) is 6.34. The Morgan fingerprint density at radius 1 is 0.767 bits per heavy atom. The van der Waals surface area contributed by atoms with Crippen molar-refractivity contribution in [3.05, 3.63) is 109 Å². The van der Waals surface area contributed by atoms with E-state index in [2.05, 4.69) is 112 Å². The van der Waals surface area contributed by atoms with Crippen LogP contribution in [-0.2, 0) is 0 Å². The van der Waals surface area contributed by atoms with Crippen LogP contribution in [0.1, 0.15) is 23.9 Å². The highest BCUT2D eigenvalue weighted by atomic mass is 15.2. The van der Waals surface area contributed by atoms with E-state index in [0.29, 0.717) is 12.0 Å². The molecular formula is C28H21N2+. The molecule has 2 heteroatoms. The van der Waals surface area contributed by atoms with Crippen molar-refractivity contribution < 1.29 is 4.57 Å². The molecule has 0 amide bonds. The zero-order valence-electron chi connectivity index (χ0n) is 16.6. The lowest BCUT2D eigenvalue weighted by atomic mass is 9.86.